The molecule has 0 aromatic carbocycles. The van der Waals surface area contributed by atoms with Crippen LogP contribution >= 0.6 is 0 Å². The predicted octanol–water partition coefficient (Wildman–Crippen LogP) is -0.888. The highest BCUT2D eigenvalue weighted by Gasteiger charge is 2.18. The van der Waals surface area contributed by atoms with Crippen molar-refractivity contribution >= 4 is 11.8 Å². The molecule has 16 heavy (non-hydrogen) atoms. The first-order valence-corrected chi connectivity index (χ1v) is 5.03. The Bertz CT molecular complexity index is 284. The Morgan fingerprint density at radius 2 is 1.94 bits per heavy atom. The van der Waals surface area contributed by atoms with Crippen LogP contribution in [0, 0.1) is 0 Å². The number of quaternary nitrogens is 1. The molecule has 0 aromatic rings. The maximum Gasteiger partial charge on any atom is 0.333 e. The number of carbonyl (C=O) groups excluding carboxylic acids is 2. The molecule has 0 aliphatic rings. The number of ketones is 1. The molecule has 0 aliphatic heterocycles. The van der Waals surface area contributed by atoms with E-state index in [1.807, 2.05) is 14.1 Å². The highest BCUT2D eigenvalue weighted by atomic mass is 16.5. The fourth-order valence-electron chi connectivity index (χ4n) is 1.11. The lowest BCUT2D eigenvalue weighted by molar-refractivity contribution is -0.882. The van der Waals surface area contributed by atoms with E-state index in [4.69, 9.17) is 4.74 Å². The minimum Gasteiger partial charge on any atom is -0.849 e. The minimum atomic E-state index is -0.701. The van der Waals surface area contributed by atoms with Crippen LogP contribution in [0.25, 0.3) is 0 Å². The summed E-state index contributed by atoms with van der Waals surface area (Å²) in [5, 5.41) is 10.3. The van der Waals surface area contributed by atoms with Gasteiger partial charge in [0.1, 0.15) is 19.7 Å². The topological polar surface area (TPSA) is 66.4 Å². The summed E-state index contributed by atoms with van der Waals surface area (Å²) in [6, 6.07) is 0. The summed E-state index contributed by atoms with van der Waals surface area (Å²) in [5.41, 5.74) is 0.348. The van der Waals surface area contributed by atoms with Crippen LogP contribution in [0.15, 0.2) is 12.2 Å². The Balaban J connectivity index is 3.95. The molecular formula is C11H19NO4. The minimum absolute atomic E-state index is 0.161. The van der Waals surface area contributed by atoms with E-state index in [1.54, 1.807) is 6.92 Å². The number of rotatable bonds is 7. The second kappa shape index (κ2) is 6.40. The van der Waals surface area contributed by atoms with Crippen LogP contribution in [-0.2, 0) is 14.3 Å². The van der Waals surface area contributed by atoms with E-state index in [0.29, 0.717) is 16.6 Å². The van der Waals surface area contributed by atoms with Crippen LogP contribution < -0.4 is 5.11 Å². The van der Waals surface area contributed by atoms with Gasteiger partial charge in [-0.25, -0.2) is 4.79 Å². The van der Waals surface area contributed by atoms with Crippen LogP contribution in [0.4, 0.5) is 0 Å². The fourth-order valence-corrected chi connectivity index (χ4v) is 1.11. The first kappa shape index (κ1) is 14.8. The number of nitrogens with zero attached hydrogens (tertiary/aromatic N) is 1. The van der Waals surface area contributed by atoms with Crippen LogP contribution in [0.2, 0.25) is 0 Å². The third-order valence-electron chi connectivity index (χ3n) is 2.04. The number of Topliss-reactive ketones (excluding diaryl/α,β-unsaturated/α-hetero) is 1. The van der Waals surface area contributed by atoms with E-state index < -0.39 is 12.6 Å². The standard InChI is InChI=1S/C11H19NO4/c1-9(2)11(15)16-6-5-12(3,4)7-10(14)8-13/h1,5-8H2,2-4H3. The van der Waals surface area contributed by atoms with Gasteiger partial charge in [-0.15, -0.1) is 0 Å². The van der Waals surface area contributed by atoms with Gasteiger partial charge in [0, 0.05) is 5.57 Å². The van der Waals surface area contributed by atoms with Gasteiger partial charge in [0.15, 0.2) is 5.78 Å². The number of likely N-dealkylation sites (N-methyl/N-ethyl adjacent to an activating group) is 1. The molecule has 5 heteroatoms. The second-order valence-electron chi connectivity index (χ2n) is 4.42. The molecule has 0 radical (unpaired) electrons. The smallest absolute Gasteiger partial charge is 0.333 e. The molecule has 0 unspecified atom stereocenters. The molecular weight excluding hydrogens is 210 g/mol. The van der Waals surface area contributed by atoms with Crippen LogP contribution in [0.3, 0.4) is 0 Å². The maximum absolute atomic E-state index is 11.1. The zero-order valence-electron chi connectivity index (χ0n) is 10.1. The Kier molecular flexibility index (Phi) is 5.92. The van der Waals surface area contributed by atoms with Crippen LogP contribution in [0.1, 0.15) is 6.92 Å². The first-order chi connectivity index (χ1) is 7.28. The van der Waals surface area contributed by atoms with Crippen molar-refractivity contribution in [3.05, 3.63) is 12.2 Å². The molecule has 0 aliphatic carbocycles. The Hall–Kier alpha value is -1.20. The fraction of sp³-hybridized carbons (Fsp3) is 0.636. The highest BCUT2D eigenvalue weighted by molar-refractivity contribution is 5.86. The van der Waals surface area contributed by atoms with Crippen molar-refractivity contribution in [2.75, 3.05) is 40.4 Å². The summed E-state index contributed by atoms with van der Waals surface area (Å²) in [5.74, 6) is -0.772. The Morgan fingerprint density at radius 3 is 2.38 bits per heavy atom. The zero-order chi connectivity index (χ0) is 12.8. The summed E-state index contributed by atoms with van der Waals surface area (Å²) in [4.78, 5) is 22.0. The van der Waals surface area contributed by atoms with E-state index in [9.17, 15) is 14.7 Å². The number of carbonyl (C=O) groups is 2. The summed E-state index contributed by atoms with van der Waals surface area (Å²) in [6.45, 7) is 5.19. The van der Waals surface area contributed by atoms with Gasteiger partial charge in [0.05, 0.1) is 14.1 Å². The predicted molar refractivity (Wildman–Crippen MR) is 57.5 cm³/mol. The lowest BCUT2D eigenvalue weighted by Gasteiger charge is -2.29. The van der Waals surface area contributed by atoms with Crippen molar-refractivity contribution in [1.82, 2.24) is 0 Å². The normalized spacial score (nSPS) is 11.0. The van der Waals surface area contributed by atoms with E-state index in [0.717, 1.165) is 0 Å². The lowest BCUT2D eigenvalue weighted by Crippen LogP contribution is -2.47. The molecule has 5 nitrogen and oxygen atoms in total. The molecule has 0 atom stereocenters. The van der Waals surface area contributed by atoms with Gasteiger partial charge in [0.2, 0.25) is 0 Å². The molecule has 0 fully saturated rings. The SMILES string of the molecule is C=C(C)C(=O)OCC[N+](C)(C)CC(=O)C[O-]. The monoisotopic (exact) mass is 229 g/mol. The summed E-state index contributed by atoms with van der Waals surface area (Å²) in [7, 11) is 3.62. The quantitative estimate of drug-likeness (QED) is 0.323. The van der Waals surface area contributed by atoms with E-state index in [-0.39, 0.29) is 18.9 Å². The van der Waals surface area contributed by atoms with Crippen molar-refractivity contribution in [2.45, 2.75) is 6.92 Å². The molecule has 0 bridgehead atoms. The van der Waals surface area contributed by atoms with E-state index in [2.05, 4.69) is 6.58 Å². The molecule has 0 rings (SSSR count). The Morgan fingerprint density at radius 1 is 1.38 bits per heavy atom. The molecule has 0 saturated carbocycles. The number of hydrogen-bond donors (Lipinski definition) is 0. The van der Waals surface area contributed by atoms with Crippen LogP contribution in [0.5, 0.6) is 0 Å². The van der Waals surface area contributed by atoms with E-state index >= 15 is 0 Å². The molecule has 0 heterocycles. The summed E-state index contributed by atoms with van der Waals surface area (Å²) < 4.78 is 5.25. The maximum atomic E-state index is 11.1. The van der Waals surface area contributed by atoms with Crippen molar-refractivity contribution in [1.29, 1.82) is 0 Å². The largest absolute Gasteiger partial charge is 0.849 e. The zero-order valence-corrected chi connectivity index (χ0v) is 10.1. The average Bonchev–Trinajstić information content (AvgIpc) is 2.16. The molecule has 0 spiro atoms. The van der Waals surface area contributed by atoms with Gasteiger partial charge in [-0.2, -0.15) is 0 Å². The van der Waals surface area contributed by atoms with E-state index in [1.165, 1.54) is 0 Å². The number of hydrogen-bond acceptors (Lipinski definition) is 4. The number of ether oxygens (including phenoxy) is 1. The molecule has 0 N–H and O–H groups in total. The van der Waals surface area contributed by atoms with Crippen molar-refractivity contribution < 1.29 is 23.9 Å². The van der Waals surface area contributed by atoms with Gasteiger partial charge in [-0.3, -0.25) is 4.79 Å². The number of esters is 1. The molecule has 0 aromatic heterocycles. The van der Waals surface area contributed by atoms with Gasteiger partial charge >= 0.3 is 5.97 Å². The summed E-state index contributed by atoms with van der Waals surface area (Å²) in [6.07, 6.45) is 0. The third kappa shape index (κ3) is 6.31. The molecule has 92 valence electrons. The van der Waals surface area contributed by atoms with Gasteiger partial charge in [-0.1, -0.05) is 13.2 Å². The van der Waals surface area contributed by atoms with Crippen molar-refractivity contribution in [3.63, 3.8) is 0 Å². The van der Waals surface area contributed by atoms with Crippen molar-refractivity contribution in [2.24, 2.45) is 0 Å². The van der Waals surface area contributed by atoms with Gasteiger partial charge < -0.3 is 14.3 Å². The molecule has 0 saturated heterocycles. The third-order valence-corrected chi connectivity index (χ3v) is 2.04. The second-order valence-corrected chi connectivity index (χ2v) is 4.42. The van der Waals surface area contributed by atoms with Gasteiger partial charge in [0.25, 0.3) is 0 Å². The van der Waals surface area contributed by atoms with Crippen molar-refractivity contribution in [3.8, 4) is 0 Å². The van der Waals surface area contributed by atoms with Gasteiger partial charge in [-0.05, 0) is 6.92 Å². The average molecular weight is 229 g/mol. The lowest BCUT2D eigenvalue weighted by atomic mass is 10.3. The summed E-state index contributed by atoms with van der Waals surface area (Å²) >= 11 is 0. The van der Waals surface area contributed by atoms with Crippen LogP contribution in [-0.4, -0.2) is 56.6 Å². The highest BCUT2D eigenvalue weighted by Crippen LogP contribution is 1.98. The first-order valence-electron chi connectivity index (χ1n) is 5.03. The Labute approximate surface area is 95.9 Å². The molecule has 0 amide bonds.